The summed E-state index contributed by atoms with van der Waals surface area (Å²) in [5.41, 5.74) is 0. The summed E-state index contributed by atoms with van der Waals surface area (Å²) >= 11 is 13.3. The predicted molar refractivity (Wildman–Crippen MR) is 109 cm³/mol. The molecule has 0 aromatic heterocycles. The van der Waals surface area contributed by atoms with E-state index in [1.54, 1.807) is 18.2 Å². The molecular weight excluding hydrogens is 409 g/mol. The van der Waals surface area contributed by atoms with Crippen LogP contribution in [0.5, 0.6) is 11.5 Å². The summed E-state index contributed by atoms with van der Waals surface area (Å²) in [6, 6.07) is 12.6. The summed E-state index contributed by atoms with van der Waals surface area (Å²) in [7, 11) is 0. The lowest BCUT2D eigenvalue weighted by atomic mass is 10.3. The van der Waals surface area contributed by atoms with Crippen molar-refractivity contribution in [3.8, 4) is 11.5 Å². The van der Waals surface area contributed by atoms with E-state index in [0.29, 0.717) is 22.4 Å². The molecule has 2 aromatic rings. The molecule has 0 saturated carbocycles. The Morgan fingerprint density at radius 3 is 2.63 bits per heavy atom. The Morgan fingerprint density at radius 1 is 1.19 bits per heavy atom. The number of thioether (sulfide) groups is 1. The molecule has 0 bridgehead atoms. The summed E-state index contributed by atoms with van der Waals surface area (Å²) in [4.78, 5) is 12.9. The molecule has 0 spiro atoms. The van der Waals surface area contributed by atoms with Gasteiger partial charge in [-0.25, -0.2) is 0 Å². The lowest BCUT2D eigenvalue weighted by Gasteiger charge is -2.14. The van der Waals surface area contributed by atoms with Gasteiger partial charge in [-0.1, -0.05) is 29.3 Å². The van der Waals surface area contributed by atoms with Gasteiger partial charge in [0.2, 0.25) is 5.91 Å². The number of halogens is 2. The number of nitrogens with one attached hydrogen (secondary N) is 1. The second-order valence-electron chi connectivity index (χ2n) is 5.51. The quantitative estimate of drug-likeness (QED) is 0.557. The molecule has 146 valence electrons. The number of ether oxygens (including phenoxy) is 2. The largest absolute Gasteiger partial charge is 0.494 e. The van der Waals surface area contributed by atoms with Gasteiger partial charge in [-0.05, 0) is 43.3 Å². The van der Waals surface area contributed by atoms with Crippen molar-refractivity contribution in [2.45, 2.75) is 17.9 Å². The molecule has 2 N–H and O–H groups in total. The molecule has 1 atom stereocenters. The zero-order valence-electron chi connectivity index (χ0n) is 14.8. The Balaban J connectivity index is 1.67. The Hall–Kier alpha value is -1.60. The number of rotatable bonds is 10. The highest BCUT2D eigenvalue weighted by atomic mass is 35.5. The normalized spacial score (nSPS) is 11.7. The summed E-state index contributed by atoms with van der Waals surface area (Å²) in [6.45, 7) is 2.62. The number of hydrogen-bond donors (Lipinski definition) is 2. The summed E-state index contributed by atoms with van der Waals surface area (Å²) in [5.74, 6) is 1.27. The number of hydrogen-bond acceptors (Lipinski definition) is 5. The van der Waals surface area contributed by atoms with Crippen molar-refractivity contribution in [3.63, 3.8) is 0 Å². The van der Waals surface area contributed by atoms with Crippen molar-refractivity contribution in [1.82, 2.24) is 5.32 Å². The van der Waals surface area contributed by atoms with Gasteiger partial charge in [0.05, 0.1) is 17.4 Å². The van der Waals surface area contributed by atoms with E-state index in [-0.39, 0.29) is 24.8 Å². The molecule has 2 rings (SSSR count). The highest BCUT2D eigenvalue weighted by Gasteiger charge is 2.11. The number of carbonyl (C=O) groups is 1. The van der Waals surface area contributed by atoms with Crippen LogP contribution in [0.15, 0.2) is 47.4 Å². The predicted octanol–water partition coefficient (Wildman–Crippen LogP) is 4.04. The van der Waals surface area contributed by atoms with Crippen molar-refractivity contribution in [1.29, 1.82) is 0 Å². The molecule has 0 aliphatic heterocycles. The Morgan fingerprint density at radius 2 is 1.93 bits per heavy atom. The van der Waals surface area contributed by atoms with E-state index < -0.39 is 6.10 Å². The van der Waals surface area contributed by atoms with Crippen molar-refractivity contribution in [2.75, 3.05) is 25.5 Å². The van der Waals surface area contributed by atoms with Gasteiger partial charge in [-0.2, -0.15) is 0 Å². The number of amides is 1. The average molecular weight is 430 g/mol. The van der Waals surface area contributed by atoms with Gasteiger partial charge >= 0.3 is 0 Å². The molecule has 0 aliphatic rings. The van der Waals surface area contributed by atoms with Gasteiger partial charge in [-0.3, -0.25) is 4.79 Å². The van der Waals surface area contributed by atoms with Crippen LogP contribution in [0.4, 0.5) is 0 Å². The molecule has 0 saturated heterocycles. The van der Waals surface area contributed by atoms with Crippen molar-refractivity contribution < 1.29 is 19.4 Å². The molecule has 8 heteroatoms. The van der Waals surface area contributed by atoms with Crippen LogP contribution in [0.1, 0.15) is 6.92 Å². The van der Waals surface area contributed by atoms with E-state index in [4.69, 9.17) is 32.7 Å². The maximum atomic E-state index is 11.9. The molecule has 0 aliphatic carbocycles. The number of aliphatic hydroxyl groups excluding tert-OH is 1. The first kappa shape index (κ1) is 21.7. The van der Waals surface area contributed by atoms with Gasteiger partial charge in [-0.15, -0.1) is 11.8 Å². The van der Waals surface area contributed by atoms with Gasteiger partial charge in [0.1, 0.15) is 29.2 Å². The second-order valence-corrected chi connectivity index (χ2v) is 7.35. The van der Waals surface area contributed by atoms with Gasteiger partial charge < -0.3 is 19.9 Å². The molecular formula is C19H21Cl2NO4S. The second kappa shape index (κ2) is 11.3. The maximum Gasteiger partial charge on any atom is 0.230 e. The maximum absolute atomic E-state index is 11.9. The third-order valence-corrected chi connectivity index (χ3v) is 5.20. The highest BCUT2D eigenvalue weighted by Crippen LogP contribution is 2.31. The molecule has 1 unspecified atom stereocenters. The van der Waals surface area contributed by atoms with Crippen LogP contribution in [-0.4, -0.2) is 42.6 Å². The Labute approximate surface area is 173 Å². The fourth-order valence-electron chi connectivity index (χ4n) is 2.07. The summed E-state index contributed by atoms with van der Waals surface area (Å²) in [6.07, 6.45) is -0.862. The van der Waals surface area contributed by atoms with E-state index >= 15 is 0 Å². The minimum Gasteiger partial charge on any atom is -0.494 e. The monoisotopic (exact) mass is 429 g/mol. The molecule has 0 fully saturated rings. The van der Waals surface area contributed by atoms with Gasteiger partial charge in [0, 0.05) is 11.4 Å². The van der Waals surface area contributed by atoms with Crippen LogP contribution in [0.25, 0.3) is 0 Å². The standard InChI is InChI=1S/C19H21Cl2NO4S/c1-2-25-14-6-8-15(9-7-14)27-12-18(24)22-10-13(23)11-26-17-5-3-4-16(20)19(17)21/h3-9,13,23H,2,10-12H2,1H3,(H,22,24). The molecule has 5 nitrogen and oxygen atoms in total. The van der Waals surface area contributed by atoms with Crippen molar-refractivity contribution in [3.05, 3.63) is 52.5 Å². The summed E-state index contributed by atoms with van der Waals surface area (Å²) < 4.78 is 10.8. The first-order valence-electron chi connectivity index (χ1n) is 8.36. The third kappa shape index (κ3) is 7.50. The lowest BCUT2D eigenvalue weighted by Crippen LogP contribution is -2.36. The van der Waals surface area contributed by atoms with Crippen LogP contribution < -0.4 is 14.8 Å². The van der Waals surface area contributed by atoms with Crippen LogP contribution in [0, 0.1) is 0 Å². The van der Waals surface area contributed by atoms with Crippen LogP contribution in [0.2, 0.25) is 10.0 Å². The van der Waals surface area contributed by atoms with Crippen LogP contribution in [-0.2, 0) is 4.79 Å². The topological polar surface area (TPSA) is 67.8 Å². The minimum atomic E-state index is -0.862. The average Bonchev–Trinajstić information content (AvgIpc) is 2.67. The molecule has 0 heterocycles. The van der Waals surface area contributed by atoms with Crippen LogP contribution >= 0.6 is 35.0 Å². The number of benzene rings is 2. The smallest absolute Gasteiger partial charge is 0.230 e. The van der Waals surface area contributed by atoms with E-state index in [1.807, 2.05) is 31.2 Å². The molecule has 27 heavy (non-hydrogen) atoms. The third-order valence-electron chi connectivity index (χ3n) is 3.39. The lowest BCUT2D eigenvalue weighted by molar-refractivity contribution is -0.119. The fourth-order valence-corrected chi connectivity index (χ4v) is 3.15. The van der Waals surface area contributed by atoms with Gasteiger partial charge in [0.25, 0.3) is 0 Å². The molecule has 2 aromatic carbocycles. The van der Waals surface area contributed by atoms with Crippen LogP contribution in [0.3, 0.4) is 0 Å². The zero-order chi connectivity index (χ0) is 19.6. The van der Waals surface area contributed by atoms with Crippen molar-refractivity contribution >= 4 is 40.9 Å². The van der Waals surface area contributed by atoms with Crippen molar-refractivity contribution in [2.24, 2.45) is 0 Å². The van der Waals surface area contributed by atoms with E-state index in [9.17, 15) is 9.90 Å². The zero-order valence-corrected chi connectivity index (χ0v) is 17.1. The first-order valence-corrected chi connectivity index (χ1v) is 10.1. The van der Waals surface area contributed by atoms with E-state index in [0.717, 1.165) is 10.6 Å². The molecule has 0 radical (unpaired) electrons. The first-order chi connectivity index (χ1) is 13.0. The summed E-state index contributed by atoms with van der Waals surface area (Å²) in [5, 5.41) is 13.3. The van der Waals surface area contributed by atoms with Gasteiger partial charge in [0.15, 0.2) is 0 Å². The fraction of sp³-hybridized carbons (Fsp3) is 0.316. The van der Waals surface area contributed by atoms with E-state index in [2.05, 4.69) is 5.32 Å². The number of aliphatic hydroxyl groups is 1. The Kier molecular flexibility index (Phi) is 9.07. The minimum absolute atomic E-state index is 0.00756. The van der Waals surface area contributed by atoms with E-state index in [1.165, 1.54) is 11.8 Å². The Bertz CT molecular complexity index is 743. The molecule has 1 amide bonds. The number of carbonyl (C=O) groups excluding carboxylic acids is 1. The highest BCUT2D eigenvalue weighted by molar-refractivity contribution is 8.00. The SMILES string of the molecule is CCOc1ccc(SCC(=O)NCC(O)COc2cccc(Cl)c2Cl)cc1.